The van der Waals surface area contributed by atoms with Crippen LogP contribution in [0.25, 0.3) is 5.69 Å². The van der Waals surface area contributed by atoms with Crippen molar-refractivity contribution in [2.75, 3.05) is 0 Å². The standard InChI is InChI=1S/C9H6BrClN4O/c10-7-3-6(9(11)14-16)1-2-8(7)15-5-12-4-13-15/h1-5,16H. The van der Waals surface area contributed by atoms with E-state index in [0.29, 0.717) is 5.56 Å². The Kier molecular flexibility index (Phi) is 3.21. The van der Waals surface area contributed by atoms with Gasteiger partial charge < -0.3 is 5.21 Å². The fourth-order valence-corrected chi connectivity index (χ4v) is 1.89. The molecule has 0 saturated heterocycles. The SMILES string of the molecule is ON=C(Cl)c1ccc(-n2cncn2)c(Br)c1. The van der Waals surface area contributed by atoms with Crippen LogP contribution in [0.5, 0.6) is 0 Å². The van der Waals surface area contributed by atoms with Gasteiger partial charge in [-0.05, 0) is 34.1 Å². The quantitative estimate of drug-likeness (QED) is 0.526. The fourth-order valence-electron chi connectivity index (χ4n) is 1.21. The van der Waals surface area contributed by atoms with E-state index in [1.807, 2.05) is 0 Å². The first-order chi connectivity index (χ1) is 7.72. The maximum Gasteiger partial charge on any atom is 0.175 e. The third kappa shape index (κ3) is 2.07. The Labute approximate surface area is 104 Å². The van der Waals surface area contributed by atoms with Crippen LogP contribution in [0.3, 0.4) is 0 Å². The molecule has 1 N–H and O–H groups in total. The second-order valence-electron chi connectivity index (χ2n) is 2.90. The predicted octanol–water partition coefficient (Wildman–Crippen LogP) is 2.40. The number of hydrogen-bond acceptors (Lipinski definition) is 4. The molecule has 82 valence electrons. The predicted molar refractivity (Wildman–Crippen MR) is 63.2 cm³/mol. The van der Waals surface area contributed by atoms with Gasteiger partial charge in [0.25, 0.3) is 0 Å². The van der Waals surface area contributed by atoms with E-state index < -0.39 is 0 Å². The van der Waals surface area contributed by atoms with Crippen molar-refractivity contribution in [3.63, 3.8) is 0 Å². The lowest BCUT2D eigenvalue weighted by atomic mass is 10.2. The number of benzene rings is 1. The van der Waals surface area contributed by atoms with E-state index in [-0.39, 0.29) is 5.17 Å². The minimum atomic E-state index is 0.0332. The molecule has 0 aliphatic rings. The highest BCUT2D eigenvalue weighted by molar-refractivity contribution is 9.10. The Hall–Kier alpha value is -1.40. The lowest BCUT2D eigenvalue weighted by Crippen LogP contribution is -1.98. The van der Waals surface area contributed by atoms with Crippen LogP contribution in [-0.4, -0.2) is 25.1 Å². The van der Waals surface area contributed by atoms with Gasteiger partial charge in [0, 0.05) is 10.0 Å². The Morgan fingerprint density at radius 3 is 2.88 bits per heavy atom. The largest absolute Gasteiger partial charge is 0.410 e. The zero-order valence-electron chi connectivity index (χ0n) is 7.88. The molecule has 0 saturated carbocycles. The summed E-state index contributed by atoms with van der Waals surface area (Å²) in [5.41, 5.74) is 1.43. The van der Waals surface area contributed by atoms with Crippen molar-refractivity contribution in [1.29, 1.82) is 0 Å². The highest BCUT2D eigenvalue weighted by Gasteiger charge is 2.07. The summed E-state index contributed by atoms with van der Waals surface area (Å²) >= 11 is 9.07. The van der Waals surface area contributed by atoms with E-state index in [2.05, 4.69) is 31.2 Å². The van der Waals surface area contributed by atoms with E-state index in [4.69, 9.17) is 16.8 Å². The van der Waals surface area contributed by atoms with Gasteiger partial charge in [0.05, 0.1) is 5.69 Å². The van der Waals surface area contributed by atoms with Gasteiger partial charge in [0.2, 0.25) is 0 Å². The lowest BCUT2D eigenvalue weighted by Gasteiger charge is -2.05. The summed E-state index contributed by atoms with van der Waals surface area (Å²) in [6.07, 6.45) is 3.03. The van der Waals surface area contributed by atoms with Crippen LogP contribution in [0.2, 0.25) is 0 Å². The Bertz CT molecular complexity index is 526. The molecular formula is C9H6BrClN4O. The van der Waals surface area contributed by atoms with Crippen LogP contribution in [-0.2, 0) is 0 Å². The summed E-state index contributed by atoms with van der Waals surface area (Å²) in [5.74, 6) is 0. The summed E-state index contributed by atoms with van der Waals surface area (Å²) in [7, 11) is 0. The van der Waals surface area contributed by atoms with E-state index in [9.17, 15) is 0 Å². The van der Waals surface area contributed by atoms with Crippen LogP contribution in [0.4, 0.5) is 0 Å². The van der Waals surface area contributed by atoms with Crippen LogP contribution in [0, 0.1) is 0 Å². The van der Waals surface area contributed by atoms with Crippen molar-refractivity contribution in [1.82, 2.24) is 14.8 Å². The zero-order chi connectivity index (χ0) is 11.5. The molecule has 0 radical (unpaired) electrons. The third-order valence-electron chi connectivity index (χ3n) is 1.94. The molecular weight excluding hydrogens is 295 g/mol. The summed E-state index contributed by atoms with van der Waals surface area (Å²) in [6, 6.07) is 5.25. The van der Waals surface area contributed by atoms with E-state index in [1.54, 1.807) is 29.2 Å². The van der Waals surface area contributed by atoms with Gasteiger partial charge in [-0.2, -0.15) is 5.10 Å². The number of aromatic nitrogens is 3. The summed E-state index contributed by atoms with van der Waals surface area (Å²) in [4.78, 5) is 3.85. The fraction of sp³-hybridized carbons (Fsp3) is 0. The molecule has 0 unspecified atom stereocenters. The monoisotopic (exact) mass is 300 g/mol. The molecule has 0 bridgehead atoms. The number of oxime groups is 1. The van der Waals surface area contributed by atoms with Crippen LogP contribution in [0.1, 0.15) is 5.56 Å². The summed E-state index contributed by atoms with van der Waals surface area (Å²) in [6.45, 7) is 0. The highest BCUT2D eigenvalue weighted by atomic mass is 79.9. The zero-order valence-corrected chi connectivity index (χ0v) is 10.2. The van der Waals surface area contributed by atoms with E-state index in [0.717, 1.165) is 10.2 Å². The smallest absolute Gasteiger partial charge is 0.175 e. The minimum Gasteiger partial charge on any atom is -0.410 e. The molecule has 0 aliphatic heterocycles. The van der Waals surface area contributed by atoms with Gasteiger partial charge >= 0.3 is 0 Å². The van der Waals surface area contributed by atoms with Crippen LogP contribution < -0.4 is 0 Å². The molecule has 1 heterocycles. The van der Waals surface area contributed by atoms with Crippen LogP contribution >= 0.6 is 27.5 Å². The van der Waals surface area contributed by atoms with E-state index in [1.165, 1.54) is 6.33 Å². The minimum absolute atomic E-state index is 0.0332. The molecule has 1 aromatic heterocycles. The van der Waals surface area contributed by atoms with E-state index >= 15 is 0 Å². The van der Waals surface area contributed by atoms with Gasteiger partial charge in [0.15, 0.2) is 5.17 Å². The molecule has 2 aromatic rings. The molecule has 0 amide bonds. The van der Waals surface area contributed by atoms with Gasteiger partial charge in [-0.3, -0.25) is 0 Å². The molecule has 0 fully saturated rings. The van der Waals surface area contributed by atoms with Crippen molar-refractivity contribution >= 4 is 32.7 Å². The highest BCUT2D eigenvalue weighted by Crippen LogP contribution is 2.22. The average molecular weight is 302 g/mol. The molecule has 2 rings (SSSR count). The molecule has 0 atom stereocenters. The normalized spacial score (nSPS) is 11.8. The first kappa shape index (κ1) is 11.1. The Morgan fingerprint density at radius 1 is 1.50 bits per heavy atom. The molecule has 0 spiro atoms. The van der Waals surface area contributed by atoms with Gasteiger partial charge in [-0.25, -0.2) is 9.67 Å². The second-order valence-corrected chi connectivity index (χ2v) is 4.11. The van der Waals surface area contributed by atoms with Gasteiger partial charge in [0.1, 0.15) is 12.7 Å². The topological polar surface area (TPSA) is 63.3 Å². The third-order valence-corrected chi connectivity index (χ3v) is 2.87. The Balaban J connectivity index is 2.45. The number of hydrogen-bond donors (Lipinski definition) is 1. The first-order valence-electron chi connectivity index (χ1n) is 4.25. The van der Waals surface area contributed by atoms with Crippen LogP contribution in [0.15, 0.2) is 40.5 Å². The maximum atomic E-state index is 8.55. The van der Waals surface area contributed by atoms with Gasteiger partial charge in [-0.15, -0.1) is 0 Å². The summed E-state index contributed by atoms with van der Waals surface area (Å²) in [5, 5.41) is 15.5. The maximum absolute atomic E-state index is 8.55. The van der Waals surface area contributed by atoms with Gasteiger partial charge in [-0.1, -0.05) is 16.8 Å². The molecule has 0 aliphatic carbocycles. The second kappa shape index (κ2) is 4.63. The van der Waals surface area contributed by atoms with Crippen molar-refractivity contribution in [2.45, 2.75) is 0 Å². The lowest BCUT2D eigenvalue weighted by molar-refractivity contribution is 0.321. The number of halogens is 2. The average Bonchev–Trinajstić information content (AvgIpc) is 2.81. The number of nitrogens with zero attached hydrogens (tertiary/aromatic N) is 4. The molecule has 1 aromatic carbocycles. The molecule has 7 heteroatoms. The first-order valence-corrected chi connectivity index (χ1v) is 5.42. The van der Waals surface area contributed by atoms with Crippen molar-refractivity contribution in [3.8, 4) is 5.69 Å². The van der Waals surface area contributed by atoms with Crippen molar-refractivity contribution in [3.05, 3.63) is 40.9 Å². The Morgan fingerprint density at radius 2 is 2.31 bits per heavy atom. The van der Waals surface area contributed by atoms with Crippen molar-refractivity contribution in [2.24, 2.45) is 5.16 Å². The summed E-state index contributed by atoms with van der Waals surface area (Å²) < 4.78 is 2.38. The number of rotatable bonds is 2. The van der Waals surface area contributed by atoms with Crippen molar-refractivity contribution < 1.29 is 5.21 Å². The molecule has 16 heavy (non-hydrogen) atoms. The molecule has 5 nitrogen and oxygen atoms in total.